The van der Waals surface area contributed by atoms with E-state index < -0.39 is 0 Å². The van der Waals surface area contributed by atoms with Crippen molar-refractivity contribution in [1.29, 1.82) is 0 Å². The summed E-state index contributed by atoms with van der Waals surface area (Å²) in [7, 11) is 1.94. The standard InChI is InChI=1S/C15H22FN/c1-10-7-8-14(16)13(9-10)15(17-3)12-6-4-5-11(12)2/h7-9,11-12,15,17H,4-6H2,1-3H3. The third-order valence-corrected chi connectivity index (χ3v) is 4.15. The van der Waals surface area contributed by atoms with Gasteiger partial charge in [-0.15, -0.1) is 0 Å². The Balaban J connectivity index is 2.31. The third kappa shape index (κ3) is 2.52. The predicted molar refractivity (Wildman–Crippen MR) is 69.4 cm³/mol. The second kappa shape index (κ2) is 5.18. The molecule has 0 aliphatic heterocycles. The summed E-state index contributed by atoms with van der Waals surface area (Å²) in [5, 5.41) is 3.32. The van der Waals surface area contributed by atoms with Crippen LogP contribution in [0.1, 0.15) is 43.4 Å². The van der Waals surface area contributed by atoms with Crippen LogP contribution in [0.3, 0.4) is 0 Å². The van der Waals surface area contributed by atoms with Crippen LogP contribution in [0.4, 0.5) is 4.39 Å². The molecule has 1 aliphatic carbocycles. The van der Waals surface area contributed by atoms with Crippen LogP contribution in [0.2, 0.25) is 0 Å². The second-order valence-electron chi connectivity index (χ2n) is 5.36. The molecule has 2 heteroatoms. The Hall–Kier alpha value is -0.890. The maximum atomic E-state index is 13.9. The lowest BCUT2D eigenvalue weighted by Crippen LogP contribution is -2.27. The summed E-state index contributed by atoms with van der Waals surface area (Å²) in [6.45, 7) is 4.31. The highest BCUT2D eigenvalue weighted by molar-refractivity contribution is 5.27. The minimum atomic E-state index is -0.0750. The molecular formula is C15H22FN. The Kier molecular flexibility index (Phi) is 3.82. The lowest BCUT2D eigenvalue weighted by Gasteiger charge is -2.27. The molecule has 2 rings (SSSR count). The van der Waals surface area contributed by atoms with Gasteiger partial charge >= 0.3 is 0 Å². The molecule has 0 aromatic heterocycles. The summed E-state index contributed by atoms with van der Waals surface area (Å²) < 4.78 is 13.9. The van der Waals surface area contributed by atoms with Crippen LogP contribution >= 0.6 is 0 Å². The van der Waals surface area contributed by atoms with Gasteiger partial charge < -0.3 is 5.32 Å². The lowest BCUT2D eigenvalue weighted by molar-refractivity contribution is 0.308. The molecule has 0 heterocycles. The van der Waals surface area contributed by atoms with Crippen molar-refractivity contribution in [3.8, 4) is 0 Å². The van der Waals surface area contributed by atoms with Crippen LogP contribution in [0.5, 0.6) is 0 Å². The number of hydrogen-bond acceptors (Lipinski definition) is 1. The molecule has 1 aliphatic rings. The maximum Gasteiger partial charge on any atom is 0.128 e. The summed E-state index contributed by atoms with van der Waals surface area (Å²) in [5.41, 5.74) is 1.97. The highest BCUT2D eigenvalue weighted by Crippen LogP contribution is 2.40. The van der Waals surface area contributed by atoms with E-state index in [-0.39, 0.29) is 11.9 Å². The van der Waals surface area contributed by atoms with Crippen molar-refractivity contribution < 1.29 is 4.39 Å². The number of rotatable bonds is 3. The van der Waals surface area contributed by atoms with Crippen molar-refractivity contribution in [3.05, 3.63) is 35.1 Å². The summed E-state index contributed by atoms with van der Waals surface area (Å²) in [5.74, 6) is 1.18. The van der Waals surface area contributed by atoms with Gasteiger partial charge in [-0.1, -0.05) is 37.5 Å². The molecule has 0 spiro atoms. The van der Waals surface area contributed by atoms with E-state index in [9.17, 15) is 4.39 Å². The molecule has 3 atom stereocenters. The highest BCUT2D eigenvalue weighted by atomic mass is 19.1. The van der Waals surface area contributed by atoms with Crippen molar-refractivity contribution in [2.24, 2.45) is 11.8 Å². The average molecular weight is 235 g/mol. The van der Waals surface area contributed by atoms with E-state index >= 15 is 0 Å². The van der Waals surface area contributed by atoms with Crippen LogP contribution in [-0.2, 0) is 0 Å². The topological polar surface area (TPSA) is 12.0 Å². The van der Waals surface area contributed by atoms with E-state index in [4.69, 9.17) is 0 Å². The van der Waals surface area contributed by atoms with Crippen molar-refractivity contribution in [3.63, 3.8) is 0 Å². The van der Waals surface area contributed by atoms with Gasteiger partial charge in [-0.05, 0) is 38.3 Å². The Morgan fingerprint density at radius 2 is 2.12 bits per heavy atom. The molecule has 1 nitrogen and oxygen atoms in total. The van der Waals surface area contributed by atoms with Crippen molar-refractivity contribution >= 4 is 0 Å². The molecule has 1 aromatic rings. The fourth-order valence-corrected chi connectivity index (χ4v) is 3.17. The zero-order valence-electron chi connectivity index (χ0n) is 11.0. The average Bonchev–Trinajstić information content (AvgIpc) is 2.71. The molecule has 1 fully saturated rings. The molecule has 1 aromatic carbocycles. The van der Waals surface area contributed by atoms with Gasteiger partial charge in [0, 0.05) is 11.6 Å². The van der Waals surface area contributed by atoms with Gasteiger partial charge in [0.1, 0.15) is 5.82 Å². The number of hydrogen-bond donors (Lipinski definition) is 1. The van der Waals surface area contributed by atoms with Gasteiger partial charge in [0.05, 0.1) is 0 Å². The zero-order chi connectivity index (χ0) is 12.4. The molecule has 1 saturated carbocycles. The van der Waals surface area contributed by atoms with Gasteiger partial charge in [-0.25, -0.2) is 4.39 Å². The Morgan fingerprint density at radius 3 is 2.71 bits per heavy atom. The highest BCUT2D eigenvalue weighted by Gasteiger charge is 2.32. The molecule has 0 saturated heterocycles. The van der Waals surface area contributed by atoms with Gasteiger partial charge in [0.2, 0.25) is 0 Å². The summed E-state index contributed by atoms with van der Waals surface area (Å²) in [4.78, 5) is 0. The maximum absolute atomic E-state index is 13.9. The molecule has 17 heavy (non-hydrogen) atoms. The van der Waals surface area contributed by atoms with Crippen LogP contribution in [0, 0.1) is 24.6 Å². The molecule has 0 bridgehead atoms. The van der Waals surface area contributed by atoms with E-state index in [0.29, 0.717) is 11.8 Å². The van der Waals surface area contributed by atoms with Crippen LogP contribution in [-0.4, -0.2) is 7.05 Å². The van der Waals surface area contributed by atoms with Crippen molar-refractivity contribution in [1.82, 2.24) is 5.32 Å². The van der Waals surface area contributed by atoms with E-state index in [1.165, 1.54) is 19.3 Å². The Morgan fingerprint density at radius 1 is 1.35 bits per heavy atom. The summed E-state index contributed by atoms with van der Waals surface area (Å²) in [6.07, 6.45) is 3.76. The van der Waals surface area contributed by atoms with Gasteiger partial charge in [0.15, 0.2) is 0 Å². The molecule has 1 N–H and O–H groups in total. The van der Waals surface area contributed by atoms with Crippen molar-refractivity contribution in [2.45, 2.75) is 39.2 Å². The fraction of sp³-hybridized carbons (Fsp3) is 0.600. The quantitative estimate of drug-likeness (QED) is 0.839. The van der Waals surface area contributed by atoms with Crippen LogP contribution < -0.4 is 5.32 Å². The minimum Gasteiger partial charge on any atom is -0.313 e. The van der Waals surface area contributed by atoms with Crippen LogP contribution in [0.15, 0.2) is 18.2 Å². The number of nitrogens with one attached hydrogen (secondary N) is 1. The van der Waals surface area contributed by atoms with Gasteiger partial charge in [-0.3, -0.25) is 0 Å². The monoisotopic (exact) mass is 235 g/mol. The summed E-state index contributed by atoms with van der Waals surface area (Å²) in [6, 6.07) is 5.58. The van der Waals surface area contributed by atoms with E-state index in [2.05, 4.69) is 12.2 Å². The molecular weight excluding hydrogens is 213 g/mol. The first-order chi connectivity index (χ1) is 8.13. The van der Waals surface area contributed by atoms with Crippen molar-refractivity contribution in [2.75, 3.05) is 7.05 Å². The third-order valence-electron chi connectivity index (χ3n) is 4.15. The number of aryl methyl sites for hydroxylation is 1. The predicted octanol–water partition coefficient (Wildman–Crippen LogP) is 3.83. The minimum absolute atomic E-state index is 0.0750. The molecule has 0 amide bonds. The van der Waals surface area contributed by atoms with E-state index in [1.54, 1.807) is 6.07 Å². The second-order valence-corrected chi connectivity index (χ2v) is 5.36. The first-order valence-electron chi connectivity index (χ1n) is 6.56. The summed E-state index contributed by atoms with van der Waals surface area (Å²) >= 11 is 0. The Bertz CT molecular complexity index is 389. The SMILES string of the molecule is CNC(c1cc(C)ccc1F)C1CCCC1C. The first-order valence-corrected chi connectivity index (χ1v) is 6.56. The number of benzene rings is 1. The molecule has 0 radical (unpaired) electrons. The van der Waals surface area contributed by atoms with E-state index in [1.807, 2.05) is 26.1 Å². The normalized spacial score (nSPS) is 26.1. The Labute approximate surface area is 103 Å². The molecule has 3 unspecified atom stereocenters. The fourth-order valence-electron chi connectivity index (χ4n) is 3.17. The zero-order valence-corrected chi connectivity index (χ0v) is 11.0. The largest absolute Gasteiger partial charge is 0.313 e. The van der Waals surface area contributed by atoms with Crippen LogP contribution in [0.25, 0.3) is 0 Å². The van der Waals surface area contributed by atoms with Gasteiger partial charge in [0.25, 0.3) is 0 Å². The van der Waals surface area contributed by atoms with E-state index in [0.717, 1.165) is 11.1 Å². The molecule has 94 valence electrons. The first kappa shape index (κ1) is 12.6. The number of halogens is 1. The van der Waals surface area contributed by atoms with Gasteiger partial charge in [-0.2, -0.15) is 0 Å². The smallest absolute Gasteiger partial charge is 0.128 e. The lowest BCUT2D eigenvalue weighted by atomic mass is 9.85.